The number of H-pyrrole nitrogens is 1. The molecule has 0 aliphatic heterocycles. The predicted molar refractivity (Wildman–Crippen MR) is 145 cm³/mol. The SMILES string of the molecule is CSc1nc(N)cc(Oc2ccc(-c3nc(Nc4ccc(C)c(-c5ccccc5C)c4)n[nH]3)cc2)n1. The fourth-order valence-corrected chi connectivity index (χ4v) is 4.18. The highest BCUT2D eigenvalue weighted by molar-refractivity contribution is 7.98. The monoisotopic (exact) mass is 495 g/mol. The van der Waals surface area contributed by atoms with Crippen LogP contribution < -0.4 is 15.8 Å². The fourth-order valence-electron chi connectivity index (χ4n) is 3.81. The highest BCUT2D eigenvalue weighted by atomic mass is 32.2. The maximum atomic E-state index is 5.84. The molecule has 0 radical (unpaired) electrons. The van der Waals surface area contributed by atoms with Crippen LogP contribution in [0.25, 0.3) is 22.5 Å². The van der Waals surface area contributed by atoms with Crippen LogP contribution in [0, 0.1) is 13.8 Å². The van der Waals surface area contributed by atoms with Crippen LogP contribution in [0.1, 0.15) is 11.1 Å². The molecule has 5 aromatic rings. The summed E-state index contributed by atoms with van der Waals surface area (Å²) in [4.78, 5) is 13.1. The average molecular weight is 496 g/mol. The molecule has 0 saturated carbocycles. The third-order valence-electron chi connectivity index (χ3n) is 5.65. The van der Waals surface area contributed by atoms with E-state index in [1.807, 2.05) is 36.6 Å². The summed E-state index contributed by atoms with van der Waals surface area (Å²) in [5.41, 5.74) is 12.5. The van der Waals surface area contributed by atoms with E-state index in [0.717, 1.165) is 11.3 Å². The topological polar surface area (TPSA) is 115 Å². The molecule has 36 heavy (non-hydrogen) atoms. The van der Waals surface area contributed by atoms with Crippen LogP contribution in [-0.4, -0.2) is 31.4 Å². The van der Waals surface area contributed by atoms with Crippen molar-refractivity contribution < 1.29 is 4.74 Å². The number of hydrogen-bond acceptors (Lipinski definition) is 8. The van der Waals surface area contributed by atoms with Crippen LogP contribution in [0.15, 0.2) is 78.0 Å². The molecule has 2 aromatic heterocycles. The minimum atomic E-state index is 0.363. The zero-order valence-corrected chi connectivity index (χ0v) is 20.9. The van der Waals surface area contributed by atoms with Crippen molar-refractivity contribution in [3.05, 3.63) is 83.9 Å². The van der Waals surface area contributed by atoms with Crippen LogP contribution >= 0.6 is 11.8 Å². The number of aryl methyl sites for hydroxylation is 2. The molecule has 0 fully saturated rings. The van der Waals surface area contributed by atoms with E-state index < -0.39 is 0 Å². The van der Waals surface area contributed by atoms with Gasteiger partial charge in [-0.05, 0) is 78.8 Å². The Hall–Kier alpha value is -4.37. The lowest BCUT2D eigenvalue weighted by Crippen LogP contribution is -1.97. The molecular formula is C27H25N7OS. The number of nitrogen functional groups attached to an aromatic ring is 1. The lowest BCUT2D eigenvalue weighted by Gasteiger charge is -2.11. The van der Waals surface area contributed by atoms with Crippen LogP contribution in [0.2, 0.25) is 0 Å². The van der Waals surface area contributed by atoms with Crippen molar-refractivity contribution in [2.24, 2.45) is 0 Å². The Balaban J connectivity index is 1.31. The molecule has 0 unspecified atom stereocenters. The molecule has 0 saturated heterocycles. The highest BCUT2D eigenvalue weighted by Gasteiger charge is 2.10. The molecule has 3 aromatic carbocycles. The fraction of sp³-hybridized carbons (Fsp3) is 0.111. The predicted octanol–water partition coefficient (Wildman–Crippen LogP) is 6.39. The van der Waals surface area contributed by atoms with Gasteiger partial charge in [-0.25, -0.2) is 4.98 Å². The molecule has 0 atom stereocenters. The summed E-state index contributed by atoms with van der Waals surface area (Å²) in [5.74, 6) is 2.53. The van der Waals surface area contributed by atoms with Gasteiger partial charge < -0.3 is 15.8 Å². The third kappa shape index (κ3) is 5.16. The van der Waals surface area contributed by atoms with Crippen LogP contribution in [0.3, 0.4) is 0 Å². The molecule has 0 amide bonds. The van der Waals surface area contributed by atoms with Crippen molar-refractivity contribution in [2.45, 2.75) is 19.0 Å². The first kappa shape index (κ1) is 23.4. The van der Waals surface area contributed by atoms with E-state index >= 15 is 0 Å². The second-order valence-electron chi connectivity index (χ2n) is 8.22. The van der Waals surface area contributed by atoms with E-state index in [1.165, 1.54) is 34.0 Å². The van der Waals surface area contributed by atoms with E-state index in [4.69, 9.17) is 10.5 Å². The molecule has 9 heteroatoms. The van der Waals surface area contributed by atoms with Gasteiger partial charge in [-0.2, -0.15) is 9.97 Å². The van der Waals surface area contributed by atoms with Gasteiger partial charge in [0.1, 0.15) is 11.6 Å². The Morgan fingerprint density at radius 2 is 1.64 bits per heavy atom. The van der Waals surface area contributed by atoms with E-state index in [-0.39, 0.29) is 0 Å². The van der Waals surface area contributed by atoms with Gasteiger partial charge in [0.2, 0.25) is 11.8 Å². The molecule has 180 valence electrons. The van der Waals surface area contributed by atoms with Gasteiger partial charge in [-0.1, -0.05) is 42.1 Å². The second kappa shape index (κ2) is 10.1. The number of aromatic nitrogens is 5. The first-order valence-corrected chi connectivity index (χ1v) is 12.5. The summed E-state index contributed by atoms with van der Waals surface area (Å²) in [6.45, 7) is 4.24. The van der Waals surface area contributed by atoms with Crippen molar-refractivity contribution in [1.82, 2.24) is 25.1 Å². The highest BCUT2D eigenvalue weighted by Crippen LogP contribution is 2.30. The van der Waals surface area contributed by atoms with E-state index in [9.17, 15) is 0 Å². The number of hydrogen-bond donors (Lipinski definition) is 3. The molecule has 0 spiro atoms. The number of benzene rings is 3. The average Bonchev–Trinajstić information content (AvgIpc) is 3.34. The molecule has 0 aliphatic rings. The summed E-state index contributed by atoms with van der Waals surface area (Å²) in [7, 11) is 0. The first-order valence-electron chi connectivity index (χ1n) is 11.3. The van der Waals surface area contributed by atoms with Gasteiger partial charge in [0.05, 0.1) is 0 Å². The Bertz CT molecular complexity index is 1520. The zero-order chi connectivity index (χ0) is 25.1. The number of thioether (sulfide) groups is 1. The number of nitrogens with one attached hydrogen (secondary N) is 2. The molecule has 0 aliphatic carbocycles. The quantitative estimate of drug-likeness (QED) is 0.176. The van der Waals surface area contributed by atoms with Crippen LogP contribution in [0.5, 0.6) is 11.6 Å². The summed E-state index contributed by atoms with van der Waals surface area (Å²) in [6, 6.07) is 23.7. The van der Waals surface area contributed by atoms with Crippen molar-refractivity contribution in [1.29, 1.82) is 0 Å². The largest absolute Gasteiger partial charge is 0.439 e. The first-order chi connectivity index (χ1) is 17.5. The maximum absolute atomic E-state index is 5.84. The van der Waals surface area contributed by atoms with Gasteiger partial charge in [-0.15, -0.1) is 5.10 Å². The van der Waals surface area contributed by atoms with Crippen molar-refractivity contribution >= 4 is 29.2 Å². The van der Waals surface area contributed by atoms with Gasteiger partial charge >= 0.3 is 0 Å². The molecule has 4 N–H and O–H groups in total. The number of nitrogens with zero attached hydrogens (tertiary/aromatic N) is 4. The van der Waals surface area contributed by atoms with Gasteiger partial charge in [0, 0.05) is 17.3 Å². The van der Waals surface area contributed by atoms with Crippen LogP contribution in [-0.2, 0) is 0 Å². The number of aromatic amines is 1. The molecule has 5 rings (SSSR count). The standard InChI is InChI=1S/C27H25N7OS/c1-16-6-4-5-7-21(16)22-14-19(11-8-17(22)2)29-26-32-25(33-34-26)18-9-12-20(13-10-18)35-24-15-23(28)30-27(31-24)36-3/h4-15H,1-3H3,(H2,28,30,31)(H2,29,32,33,34). The number of nitrogens with two attached hydrogens (primary N) is 1. The van der Waals surface area contributed by atoms with Crippen molar-refractivity contribution in [3.8, 4) is 34.1 Å². The molecule has 2 heterocycles. The Labute approximate surface area is 213 Å². The Morgan fingerprint density at radius 3 is 2.42 bits per heavy atom. The lowest BCUT2D eigenvalue weighted by molar-refractivity contribution is 0.456. The maximum Gasteiger partial charge on any atom is 0.246 e. The van der Waals surface area contributed by atoms with E-state index in [2.05, 4.69) is 80.7 Å². The van der Waals surface area contributed by atoms with Gasteiger partial charge in [-0.3, -0.25) is 5.10 Å². The minimum Gasteiger partial charge on any atom is -0.439 e. The number of rotatable bonds is 7. The summed E-state index contributed by atoms with van der Waals surface area (Å²) < 4.78 is 5.84. The lowest BCUT2D eigenvalue weighted by atomic mass is 9.96. The van der Waals surface area contributed by atoms with E-state index in [0.29, 0.717) is 34.4 Å². The third-order valence-corrected chi connectivity index (χ3v) is 6.20. The second-order valence-corrected chi connectivity index (χ2v) is 8.99. The number of ether oxygens (including phenoxy) is 1. The summed E-state index contributed by atoms with van der Waals surface area (Å²) in [6.07, 6.45) is 1.88. The van der Waals surface area contributed by atoms with Crippen molar-refractivity contribution in [2.75, 3.05) is 17.3 Å². The Kier molecular flexibility index (Phi) is 6.55. The summed E-state index contributed by atoms with van der Waals surface area (Å²) in [5, 5.41) is 11.2. The number of anilines is 3. The smallest absolute Gasteiger partial charge is 0.246 e. The zero-order valence-electron chi connectivity index (χ0n) is 20.1. The van der Waals surface area contributed by atoms with Crippen LogP contribution in [0.4, 0.5) is 17.5 Å². The molecular weight excluding hydrogens is 470 g/mol. The van der Waals surface area contributed by atoms with Gasteiger partial charge in [0.15, 0.2) is 11.0 Å². The molecule has 8 nitrogen and oxygen atoms in total. The minimum absolute atomic E-state index is 0.363. The Morgan fingerprint density at radius 1 is 0.861 bits per heavy atom. The normalized spacial score (nSPS) is 10.9. The molecule has 0 bridgehead atoms. The van der Waals surface area contributed by atoms with Gasteiger partial charge in [0.25, 0.3) is 0 Å². The summed E-state index contributed by atoms with van der Waals surface area (Å²) >= 11 is 1.40. The van der Waals surface area contributed by atoms with E-state index in [1.54, 1.807) is 6.07 Å². The van der Waals surface area contributed by atoms with Crippen molar-refractivity contribution in [3.63, 3.8) is 0 Å².